The minimum atomic E-state index is -3.42. The van der Waals surface area contributed by atoms with E-state index >= 15 is 0 Å². The first-order valence-electron chi connectivity index (χ1n) is 8.96. The van der Waals surface area contributed by atoms with Crippen molar-refractivity contribution in [3.05, 3.63) is 48.2 Å². The second kappa shape index (κ2) is 8.05. The predicted octanol–water partition coefficient (Wildman–Crippen LogP) is 3.44. The molecule has 1 N–H and O–H groups in total. The molecule has 1 atom stereocenters. The van der Waals surface area contributed by atoms with Gasteiger partial charge in [-0.25, -0.2) is 13.4 Å². The fourth-order valence-electron chi connectivity index (χ4n) is 3.04. The van der Waals surface area contributed by atoms with Gasteiger partial charge in [0, 0.05) is 19.3 Å². The van der Waals surface area contributed by atoms with E-state index in [1.807, 2.05) is 38.1 Å². The Morgan fingerprint density at radius 3 is 2.65 bits per heavy atom. The predicted molar refractivity (Wildman–Crippen MR) is 102 cm³/mol. The molecule has 1 aromatic carbocycles. The smallest absolute Gasteiger partial charge is 0.244 e. The Morgan fingerprint density at radius 1 is 1.23 bits per heavy atom. The molecule has 1 saturated heterocycles. The zero-order valence-electron chi connectivity index (χ0n) is 15.2. The van der Waals surface area contributed by atoms with Gasteiger partial charge in [0.15, 0.2) is 0 Å². The van der Waals surface area contributed by atoms with Crippen LogP contribution in [-0.4, -0.2) is 37.4 Å². The number of nitrogens with zero attached hydrogens (tertiary/aromatic N) is 2. The average Bonchev–Trinajstić information content (AvgIpc) is 3.18. The Balaban J connectivity index is 1.70. The van der Waals surface area contributed by atoms with E-state index in [1.165, 1.54) is 10.5 Å². The van der Waals surface area contributed by atoms with Crippen molar-refractivity contribution in [1.29, 1.82) is 0 Å². The molecule has 2 aromatic rings. The third-order valence-electron chi connectivity index (χ3n) is 4.47. The molecule has 6 nitrogen and oxygen atoms in total. The number of anilines is 1. The number of rotatable bonds is 7. The SMILES string of the molecule is CCOc1cccc(C(C)Nc2ccc(S(=O)(=O)N3CCCC3)cn2)c1. The molecule has 0 amide bonds. The first-order chi connectivity index (χ1) is 12.5. The summed E-state index contributed by atoms with van der Waals surface area (Å²) in [6.45, 7) is 5.79. The fraction of sp³-hybridized carbons (Fsp3) is 0.421. The molecule has 1 aromatic heterocycles. The zero-order chi connectivity index (χ0) is 18.6. The molecule has 2 heterocycles. The van der Waals surface area contributed by atoms with Crippen LogP contribution in [0.15, 0.2) is 47.5 Å². The van der Waals surface area contributed by atoms with Crippen LogP contribution in [0.1, 0.15) is 38.3 Å². The van der Waals surface area contributed by atoms with E-state index in [2.05, 4.69) is 10.3 Å². The maximum atomic E-state index is 12.5. The summed E-state index contributed by atoms with van der Waals surface area (Å²) < 4.78 is 32.1. The molecule has 0 radical (unpaired) electrons. The van der Waals surface area contributed by atoms with E-state index in [0.29, 0.717) is 25.5 Å². The number of benzene rings is 1. The maximum absolute atomic E-state index is 12.5. The third kappa shape index (κ3) is 4.16. The minimum Gasteiger partial charge on any atom is -0.494 e. The Bertz CT molecular complexity index is 831. The molecule has 1 unspecified atom stereocenters. The highest BCUT2D eigenvalue weighted by atomic mass is 32.2. The normalized spacial score (nSPS) is 16.4. The molecule has 0 saturated carbocycles. The van der Waals surface area contributed by atoms with Crippen LogP contribution in [-0.2, 0) is 10.0 Å². The molecule has 1 fully saturated rings. The Morgan fingerprint density at radius 2 is 2.00 bits per heavy atom. The quantitative estimate of drug-likeness (QED) is 0.803. The largest absolute Gasteiger partial charge is 0.494 e. The van der Waals surface area contributed by atoms with E-state index in [9.17, 15) is 8.42 Å². The van der Waals surface area contributed by atoms with Gasteiger partial charge in [-0.3, -0.25) is 0 Å². The van der Waals surface area contributed by atoms with Crippen LogP contribution in [0.5, 0.6) is 5.75 Å². The van der Waals surface area contributed by atoms with Crippen molar-refractivity contribution < 1.29 is 13.2 Å². The summed E-state index contributed by atoms with van der Waals surface area (Å²) in [5.41, 5.74) is 1.08. The molecule has 26 heavy (non-hydrogen) atoms. The summed E-state index contributed by atoms with van der Waals surface area (Å²) >= 11 is 0. The Kier molecular flexibility index (Phi) is 5.78. The van der Waals surface area contributed by atoms with Gasteiger partial charge in [-0.2, -0.15) is 4.31 Å². The second-order valence-electron chi connectivity index (χ2n) is 6.36. The van der Waals surface area contributed by atoms with E-state index in [1.54, 1.807) is 12.1 Å². The number of pyridine rings is 1. The van der Waals surface area contributed by atoms with Crippen molar-refractivity contribution in [3.63, 3.8) is 0 Å². The van der Waals surface area contributed by atoms with E-state index in [0.717, 1.165) is 24.2 Å². The minimum absolute atomic E-state index is 0.0175. The topological polar surface area (TPSA) is 71.5 Å². The molecular formula is C19H25N3O3S. The summed E-state index contributed by atoms with van der Waals surface area (Å²) in [7, 11) is -3.42. The zero-order valence-corrected chi connectivity index (χ0v) is 16.0. The number of aromatic nitrogens is 1. The Hall–Kier alpha value is -2.12. The molecule has 1 aliphatic heterocycles. The lowest BCUT2D eigenvalue weighted by atomic mass is 10.1. The molecule has 1 aliphatic rings. The highest BCUT2D eigenvalue weighted by Crippen LogP contribution is 2.24. The molecule has 3 rings (SSSR count). The van der Waals surface area contributed by atoms with Crippen molar-refractivity contribution in [1.82, 2.24) is 9.29 Å². The first-order valence-corrected chi connectivity index (χ1v) is 10.4. The summed E-state index contributed by atoms with van der Waals surface area (Å²) in [4.78, 5) is 4.54. The number of sulfonamides is 1. The highest BCUT2D eigenvalue weighted by Gasteiger charge is 2.27. The van der Waals surface area contributed by atoms with Crippen molar-refractivity contribution in [2.45, 2.75) is 37.6 Å². The van der Waals surface area contributed by atoms with Crippen molar-refractivity contribution in [2.75, 3.05) is 25.0 Å². The molecule has 0 spiro atoms. The van der Waals surface area contributed by atoms with E-state index in [4.69, 9.17) is 4.74 Å². The second-order valence-corrected chi connectivity index (χ2v) is 8.30. The molecule has 0 aliphatic carbocycles. The molecule has 140 valence electrons. The van der Waals surface area contributed by atoms with Crippen LogP contribution in [0, 0.1) is 0 Å². The lowest BCUT2D eigenvalue weighted by Crippen LogP contribution is -2.27. The van der Waals surface area contributed by atoms with Gasteiger partial charge in [0.1, 0.15) is 16.5 Å². The van der Waals surface area contributed by atoms with Gasteiger partial charge in [-0.1, -0.05) is 12.1 Å². The van der Waals surface area contributed by atoms with Crippen molar-refractivity contribution >= 4 is 15.8 Å². The standard InChI is InChI=1S/C19H25N3O3S/c1-3-25-17-8-6-7-16(13-17)15(2)21-19-10-9-18(14-20-19)26(23,24)22-11-4-5-12-22/h6-10,13-15H,3-5,11-12H2,1-2H3,(H,20,21). The first kappa shape index (κ1) is 18.7. The van der Waals surface area contributed by atoms with Gasteiger partial charge in [0.25, 0.3) is 0 Å². The van der Waals surface area contributed by atoms with Crippen LogP contribution >= 0.6 is 0 Å². The van der Waals surface area contributed by atoms with Crippen LogP contribution in [0.25, 0.3) is 0 Å². The third-order valence-corrected chi connectivity index (χ3v) is 6.35. The van der Waals surface area contributed by atoms with Crippen molar-refractivity contribution in [2.24, 2.45) is 0 Å². The summed E-state index contributed by atoms with van der Waals surface area (Å²) in [6.07, 6.45) is 3.27. The molecular weight excluding hydrogens is 350 g/mol. The van der Waals surface area contributed by atoms with Gasteiger partial charge in [-0.15, -0.1) is 0 Å². The number of hydrogen-bond donors (Lipinski definition) is 1. The van der Waals surface area contributed by atoms with Crippen LogP contribution in [0.2, 0.25) is 0 Å². The highest BCUT2D eigenvalue weighted by molar-refractivity contribution is 7.89. The maximum Gasteiger partial charge on any atom is 0.244 e. The Labute approximate surface area is 155 Å². The van der Waals surface area contributed by atoms with Crippen LogP contribution in [0.4, 0.5) is 5.82 Å². The van der Waals surface area contributed by atoms with Gasteiger partial charge >= 0.3 is 0 Å². The van der Waals surface area contributed by atoms with Gasteiger partial charge in [0.05, 0.1) is 12.6 Å². The van der Waals surface area contributed by atoms with Gasteiger partial charge in [0.2, 0.25) is 10.0 Å². The van der Waals surface area contributed by atoms with Crippen LogP contribution in [0.3, 0.4) is 0 Å². The van der Waals surface area contributed by atoms with Crippen LogP contribution < -0.4 is 10.1 Å². The number of hydrogen-bond acceptors (Lipinski definition) is 5. The lowest BCUT2D eigenvalue weighted by molar-refractivity contribution is 0.340. The fourth-order valence-corrected chi connectivity index (χ4v) is 4.50. The summed E-state index contributed by atoms with van der Waals surface area (Å²) in [6, 6.07) is 11.2. The van der Waals surface area contributed by atoms with Crippen molar-refractivity contribution in [3.8, 4) is 5.75 Å². The summed E-state index contributed by atoms with van der Waals surface area (Å²) in [5, 5.41) is 3.30. The van der Waals surface area contributed by atoms with E-state index in [-0.39, 0.29) is 10.9 Å². The lowest BCUT2D eigenvalue weighted by Gasteiger charge is -2.17. The molecule has 7 heteroatoms. The number of ether oxygens (including phenoxy) is 1. The van der Waals surface area contributed by atoms with Gasteiger partial charge in [-0.05, 0) is 56.5 Å². The summed E-state index contributed by atoms with van der Waals surface area (Å²) in [5.74, 6) is 1.47. The van der Waals surface area contributed by atoms with Gasteiger partial charge < -0.3 is 10.1 Å². The van der Waals surface area contributed by atoms with E-state index < -0.39 is 10.0 Å². The molecule has 0 bridgehead atoms. The monoisotopic (exact) mass is 375 g/mol. The number of nitrogens with one attached hydrogen (secondary N) is 1. The average molecular weight is 375 g/mol.